The Morgan fingerprint density at radius 1 is 1.53 bits per heavy atom. The molecule has 0 saturated carbocycles. The lowest BCUT2D eigenvalue weighted by molar-refractivity contribution is 0.0627. The quantitative estimate of drug-likeness (QED) is 0.898. The van der Waals surface area contributed by atoms with Gasteiger partial charge in [0.2, 0.25) is 0 Å². The maximum Gasteiger partial charge on any atom is 0.145 e. The molecule has 0 aromatic carbocycles. The summed E-state index contributed by atoms with van der Waals surface area (Å²) in [5.74, 6) is 0.683. The third-order valence-corrected chi connectivity index (χ3v) is 3.75. The second-order valence-electron chi connectivity index (χ2n) is 4.21. The first-order chi connectivity index (χ1) is 8.15. The summed E-state index contributed by atoms with van der Waals surface area (Å²) in [6.45, 7) is 1.99. The Hall–Kier alpha value is -0.360. The van der Waals surface area contributed by atoms with E-state index in [4.69, 9.17) is 22.1 Å². The Balaban J connectivity index is 2.17. The molecule has 3 N–H and O–H groups in total. The van der Waals surface area contributed by atoms with Gasteiger partial charge < -0.3 is 15.8 Å². The molecule has 17 heavy (non-hydrogen) atoms. The molecule has 2 heterocycles. The highest BCUT2D eigenvalue weighted by molar-refractivity contribution is 9.10. The zero-order chi connectivity index (χ0) is 12.3. The lowest BCUT2D eigenvalue weighted by Gasteiger charge is -2.37. The van der Waals surface area contributed by atoms with Crippen molar-refractivity contribution in [1.82, 2.24) is 4.98 Å². The number of nitrogens with one attached hydrogen (secondary N) is 1. The van der Waals surface area contributed by atoms with Crippen LogP contribution in [0.1, 0.15) is 12.8 Å². The number of anilines is 1. The molecule has 0 unspecified atom stereocenters. The number of hydrogen-bond donors (Lipinski definition) is 2. The second-order valence-corrected chi connectivity index (χ2v) is 5.53. The molecular formula is C11H15BrClN3O. The number of rotatable bonds is 3. The van der Waals surface area contributed by atoms with Crippen LogP contribution in [0.2, 0.25) is 5.02 Å². The van der Waals surface area contributed by atoms with Crippen LogP contribution in [-0.2, 0) is 4.74 Å². The van der Waals surface area contributed by atoms with E-state index in [0.717, 1.165) is 30.5 Å². The Kier molecular flexibility index (Phi) is 4.25. The van der Waals surface area contributed by atoms with E-state index < -0.39 is 0 Å². The largest absolute Gasteiger partial charge is 0.381 e. The van der Waals surface area contributed by atoms with E-state index in [1.807, 2.05) is 6.07 Å². The minimum atomic E-state index is -0.150. The number of nitrogens with two attached hydrogens (primary N) is 1. The number of pyridine rings is 1. The van der Waals surface area contributed by atoms with Crippen LogP contribution in [0.3, 0.4) is 0 Å². The molecule has 0 aliphatic carbocycles. The van der Waals surface area contributed by atoms with Gasteiger partial charge in [0.1, 0.15) is 5.82 Å². The van der Waals surface area contributed by atoms with Gasteiger partial charge in [-0.1, -0.05) is 11.6 Å². The van der Waals surface area contributed by atoms with E-state index in [-0.39, 0.29) is 5.54 Å². The molecular weight excluding hydrogens is 305 g/mol. The molecule has 1 aromatic rings. The van der Waals surface area contributed by atoms with Crippen molar-refractivity contribution in [2.45, 2.75) is 18.4 Å². The molecule has 1 aliphatic rings. The summed E-state index contributed by atoms with van der Waals surface area (Å²) >= 11 is 9.47. The van der Waals surface area contributed by atoms with Crippen molar-refractivity contribution in [3.8, 4) is 0 Å². The van der Waals surface area contributed by atoms with Crippen molar-refractivity contribution in [1.29, 1.82) is 0 Å². The zero-order valence-corrected chi connectivity index (χ0v) is 11.7. The molecule has 2 rings (SSSR count). The van der Waals surface area contributed by atoms with Gasteiger partial charge in [-0.2, -0.15) is 0 Å². The maximum atomic E-state index is 6.14. The summed E-state index contributed by atoms with van der Waals surface area (Å²) < 4.78 is 6.22. The fourth-order valence-electron chi connectivity index (χ4n) is 1.90. The highest BCUT2D eigenvalue weighted by Crippen LogP contribution is 2.29. The van der Waals surface area contributed by atoms with E-state index in [1.54, 1.807) is 6.20 Å². The van der Waals surface area contributed by atoms with Crippen LogP contribution < -0.4 is 11.1 Å². The fourth-order valence-corrected chi connectivity index (χ4v) is 2.58. The summed E-state index contributed by atoms with van der Waals surface area (Å²) in [5.41, 5.74) is 5.72. The fraction of sp³-hybridized carbons (Fsp3) is 0.545. The third-order valence-electron chi connectivity index (χ3n) is 3.03. The highest BCUT2D eigenvalue weighted by atomic mass is 79.9. The van der Waals surface area contributed by atoms with Crippen LogP contribution in [0.25, 0.3) is 0 Å². The van der Waals surface area contributed by atoms with Gasteiger partial charge in [-0.05, 0) is 34.8 Å². The predicted molar refractivity (Wildman–Crippen MR) is 72.4 cm³/mol. The van der Waals surface area contributed by atoms with Gasteiger partial charge in [0.05, 0.1) is 10.6 Å². The minimum Gasteiger partial charge on any atom is -0.381 e. The van der Waals surface area contributed by atoms with E-state index in [2.05, 4.69) is 26.2 Å². The van der Waals surface area contributed by atoms with Gasteiger partial charge in [0, 0.05) is 30.4 Å². The van der Waals surface area contributed by atoms with Gasteiger partial charge in [-0.15, -0.1) is 0 Å². The normalized spacial score (nSPS) is 19.0. The van der Waals surface area contributed by atoms with Crippen molar-refractivity contribution < 1.29 is 4.74 Å². The molecule has 1 aliphatic heterocycles. The van der Waals surface area contributed by atoms with Gasteiger partial charge in [-0.3, -0.25) is 0 Å². The first kappa shape index (κ1) is 13.1. The maximum absolute atomic E-state index is 6.14. The van der Waals surface area contributed by atoms with Crippen LogP contribution in [0.15, 0.2) is 16.7 Å². The lowest BCUT2D eigenvalue weighted by atomic mass is 9.90. The van der Waals surface area contributed by atoms with E-state index in [9.17, 15) is 0 Å². The number of hydrogen-bond acceptors (Lipinski definition) is 4. The molecule has 1 aromatic heterocycles. The first-order valence-corrected chi connectivity index (χ1v) is 6.69. The molecule has 1 fully saturated rings. The van der Waals surface area contributed by atoms with Crippen molar-refractivity contribution in [3.05, 3.63) is 21.8 Å². The molecule has 0 amide bonds. The summed E-state index contributed by atoms with van der Waals surface area (Å²) in [6.07, 6.45) is 3.47. The van der Waals surface area contributed by atoms with Crippen molar-refractivity contribution in [3.63, 3.8) is 0 Å². The molecule has 0 atom stereocenters. The smallest absolute Gasteiger partial charge is 0.145 e. The predicted octanol–water partition coefficient (Wildman–Crippen LogP) is 2.42. The summed E-state index contributed by atoms with van der Waals surface area (Å²) in [6, 6.07) is 1.82. The number of halogens is 2. The van der Waals surface area contributed by atoms with Gasteiger partial charge in [-0.25, -0.2) is 4.98 Å². The minimum absolute atomic E-state index is 0.150. The molecule has 4 nitrogen and oxygen atoms in total. The first-order valence-electron chi connectivity index (χ1n) is 5.52. The van der Waals surface area contributed by atoms with E-state index in [0.29, 0.717) is 17.4 Å². The lowest BCUT2D eigenvalue weighted by Crippen LogP contribution is -2.49. The van der Waals surface area contributed by atoms with E-state index in [1.165, 1.54) is 0 Å². The Labute approximate surface area is 114 Å². The van der Waals surface area contributed by atoms with Crippen LogP contribution in [-0.4, -0.2) is 30.3 Å². The van der Waals surface area contributed by atoms with Gasteiger partial charge >= 0.3 is 0 Å². The SMILES string of the molecule is NCC1(Nc2ncc(Br)cc2Cl)CCOCC1. The molecule has 6 heteroatoms. The molecule has 0 spiro atoms. The topological polar surface area (TPSA) is 60.2 Å². The number of aromatic nitrogens is 1. The Bertz CT molecular complexity index is 396. The summed E-state index contributed by atoms with van der Waals surface area (Å²) in [4.78, 5) is 4.28. The molecule has 94 valence electrons. The van der Waals surface area contributed by atoms with Crippen molar-refractivity contribution >= 4 is 33.3 Å². The summed E-state index contributed by atoms with van der Waals surface area (Å²) in [5, 5.41) is 3.97. The second kappa shape index (κ2) is 5.52. The highest BCUT2D eigenvalue weighted by Gasteiger charge is 2.31. The zero-order valence-electron chi connectivity index (χ0n) is 9.38. The number of ether oxygens (including phenoxy) is 1. The molecule has 1 saturated heterocycles. The van der Waals surface area contributed by atoms with Crippen molar-refractivity contribution in [2.24, 2.45) is 5.73 Å². The monoisotopic (exact) mass is 319 g/mol. The van der Waals surface area contributed by atoms with Crippen molar-refractivity contribution in [2.75, 3.05) is 25.1 Å². The van der Waals surface area contributed by atoms with Crippen LogP contribution >= 0.6 is 27.5 Å². The van der Waals surface area contributed by atoms with Gasteiger partial charge in [0.15, 0.2) is 0 Å². The number of nitrogens with zero attached hydrogens (tertiary/aromatic N) is 1. The summed E-state index contributed by atoms with van der Waals surface area (Å²) in [7, 11) is 0. The molecule has 0 radical (unpaired) electrons. The third kappa shape index (κ3) is 3.10. The van der Waals surface area contributed by atoms with Gasteiger partial charge in [0.25, 0.3) is 0 Å². The Morgan fingerprint density at radius 3 is 2.82 bits per heavy atom. The molecule has 0 bridgehead atoms. The standard InChI is InChI=1S/C11H15BrClN3O/c12-8-5-9(13)10(15-6-8)16-11(7-14)1-3-17-4-2-11/h5-6H,1-4,7,14H2,(H,15,16). The van der Waals surface area contributed by atoms with Crippen LogP contribution in [0.5, 0.6) is 0 Å². The van der Waals surface area contributed by atoms with Crippen LogP contribution in [0.4, 0.5) is 5.82 Å². The average Bonchev–Trinajstić information content (AvgIpc) is 2.34. The van der Waals surface area contributed by atoms with E-state index >= 15 is 0 Å². The average molecular weight is 321 g/mol. The van der Waals surface area contributed by atoms with Crippen LogP contribution in [0, 0.1) is 0 Å². The Morgan fingerprint density at radius 2 is 2.24 bits per heavy atom.